The van der Waals surface area contributed by atoms with Gasteiger partial charge in [-0.15, -0.1) is 5.10 Å². The van der Waals surface area contributed by atoms with E-state index in [4.69, 9.17) is 0 Å². The molecule has 0 N–H and O–H groups in total. The van der Waals surface area contributed by atoms with Crippen molar-refractivity contribution < 1.29 is 9.72 Å². The van der Waals surface area contributed by atoms with E-state index in [1.165, 1.54) is 16.8 Å². The first-order chi connectivity index (χ1) is 14.0. The van der Waals surface area contributed by atoms with Gasteiger partial charge < -0.3 is 9.80 Å². The molecule has 1 fully saturated rings. The third-order valence-electron chi connectivity index (χ3n) is 4.98. The molecular formula is C19H19N7O3. The van der Waals surface area contributed by atoms with Gasteiger partial charge in [0.05, 0.1) is 16.3 Å². The summed E-state index contributed by atoms with van der Waals surface area (Å²) in [6.45, 7) is 4.31. The van der Waals surface area contributed by atoms with Crippen molar-refractivity contribution in [3.63, 3.8) is 0 Å². The summed E-state index contributed by atoms with van der Waals surface area (Å²) in [7, 11) is 0. The van der Waals surface area contributed by atoms with E-state index in [0.717, 1.165) is 5.69 Å². The second-order valence-corrected chi connectivity index (χ2v) is 6.70. The lowest BCUT2D eigenvalue weighted by molar-refractivity contribution is -0.384. The number of anilines is 1. The predicted molar refractivity (Wildman–Crippen MR) is 105 cm³/mol. The van der Waals surface area contributed by atoms with Crippen LogP contribution in [-0.2, 0) is 0 Å². The molecule has 1 aliphatic heterocycles. The highest BCUT2D eigenvalue weighted by Gasteiger charge is 2.26. The molecule has 10 heteroatoms. The second kappa shape index (κ2) is 7.66. The van der Waals surface area contributed by atoms with E-state index in [-0.39, 0.29) is 17.3 Å². The van der Waals surface area contributed by atoms with Gasteiger partial charge in [0.25, 0.3) is 11.6 Å². The third kappa shape index (κ3) is 3.64. The number of carbonyl (C=O) groups excluding carboxylic acids is 1. The zero-order valence-electron chi connectivity index (χ0n) is 15.8. The zero-order valence-corrected chi connectivity index (χ0v) is 15.8. The third-order valence-corrected chi connectivity index (χ3v) is 4.98. The van der Waals surface area contributed by atoms with Crippen LogP contribution >= 0.6 is 0 Å². The number of hydrogen-bond donors (Lipinski definition) is 0. The van der Waals surface area contributed by atoms with Crippen LogP contribution in [0.2, 0.25) is 0 Å². The van der Waals surface area contributed by atoms with Gasteiger partial charge in [0.15, 0.2) is 5.69 Å². The Bertz CT molecular complexity index is 1040. The van der Waals surface area contributed by atoms with Crippen molar-refractivity contribution in [2.24, 2.45) is 0 Å². The minimum absolute atomic E-state index is 0.0440. The molecule has 29 heavy (non-hydrogen) atoms. The summed E-state index contributed by atoms with van der Waals surface area (Å²) in [4.78, 5) is 31.5. The summed E-state index contributed by atoms with van der Waals surface area (Å²) in [6.07, 6.45) is 3.50. The van der Waals surface area contributed by atoms with Crippen molar-refractivity contribution in [1.29, 1.82) is 0 Å². The lowest BCUT2D eigenvalue weighted by Crippen LogP contribution is -2.49. The van der Waals surface area contributed by atoms with Crippen LogP contribution in [0.25, 0.3) is 5.69 Å². The van der Waals surface area contributed by atoms with E-state index in [1.807, 2.05) is 12.1 Å². The van der Waals surface area contributed by atoms with Gasteiger partial charge in [-0.05, 0) is 25.1 Å². The lowest BCUT2D eigenvalue weighted by atomic mass is 10.2. The average Bonchev–Trinajstić information content (AvgIpc) is 3.15. The van der Waals surface area contributed by atoms with Gasteiger partial charge in [-0.3, -0.25) is 19.9 Å². The van der Waals surface area contributed by atoms with Gasteiger partial charge in [0.1, 0.15) is 0 Å². The Hall–Kier alpha value is -3.82. The van der Waals surface area contributed by atoms with E-state index in [1.54, 1.807) is 36.4 Å². The number of nitrogens with zero attached hydrogens (tertiary/aromatic N) is 7. The minimum atomic E-state index is -0.468. The quantitative estimate of drug-likeness (QED) is 0.491. The van der Waals surface area contributed by atoms with Crippen LogP contribution in [0.4, 0.5) is 11.4 Å². The second-order valence-electron chi connectivity index (χ2n) is 6.70. The van der Waals surface area contributed by atoms with Crippen LogP contribution in [0.3, 0.4) is 0 Å². The number of rotatable bonds is 4. The Kier molecular flexibility index (Phi) is 4.90. The number of hydrogen-bond acceptors (Lipinski definition) is 7. The molecule has 148 valence electrons. The number of amides is 1. The highest BCUT2D eigenvalue weighted by molar-refractivity contribution is 5.93. The molecule has 3 aromatic rings. The number of aromatic nitrogens is 4. The molecule has 0 atom stereocenters. The standard InChI is InChI=1S/C19H19N7O3/c1-14-18(21-22-25(14)16-3-2-4-17(13-16)26(28)29)19(27)24-11-9-23(10-12-24)15-5-7-20-8-6-15/h2-8,13H,9-12H2,1H3. The van der Waals surface area contributed by atoms with Crippen molar-refractivity contribution in [1.82, 2.24) is 24.9 Å². The van der Waals surface area contributed by atoms with Crippen LogP contribution in [0, 0.1) is 17.0 Å². The molecule has 0 aliphatic carbocycles. The maximum Gasteiger partial charge on any atom is 0.276 e. The maximum absolute atomic E-state index is 13.0. The molecule has 1 aliphatic rings. The van der Waals surface area contributed by atoms with Crippen LogP contribution in [0.5, 0.6) is 0 Å². The Morgan fingerprint density at radius 1 is 1.07 bits per heavy atom. The average molecular weight is 393 g/mol. The Morgan fingerprint density at radius 3 is 2.48 bits per heavy atom. The van der Waals surface area contributed by atoms with Crippen LogP contribution in [0.1, 0.15) is 16.2 Å². The summed E-state index contributed by atoms with van der Waals surface area (Å²) in [5, 5.41) is 19.1. The Morgan fingerprint density at radius 2 is 1.79 bits per heavy atom. The molecule has 0 bridgehead atoms. The minimum Gasteiger partial charge on any atom is -0.368 e. The van der Waals surface area contributed by atoms with E-state index < -0.39 is 4.92 Å². The number of nitro groups is 1. The fourth-order valence-electron chi connectivity index (χ4n) is 3.38. The molecule has 0 spiro atoms. The predicted octanol–water partition coefficient (Wildman–Crippen LogP) is 1.84. The molecule has 3 heterocycles. The van der Waals surface area contributed by atoms with Gasteiger partial charge in [0.2, 0.25) is 0 Å². The number of benzene rings is 1. The van der Waals surface area contributed by atoms with Gasteiger partial charge >= 0.3 is 0 Å². The topological polar surface area (TPSA) is 110 Å². The monoisotopic (exact) mass is 393 g/mol. The molecule has 1 aromatic carbocycles. The summed E-state index contributed by atoms with van der Waals surface area (Å²) in [5.41, 5.74) is 2.34. The van der Waals surface area contributed by atoms with Crippen molar-refractivity contribution >= 4 is 17.3 Å². The van der Waals surface area contributed by atoms with E-state index >= 15 is 0 Å². The number of non-ortho nitro benzene ring substituents is 1. The molecule has 0 radical (unpaired) electrons. The number of nitro benzene ring substituents is 1. The molecule has 0 unspecified atom stereocenters. The van der Waals surface area contributed by atoms with E-state index in [2.05, 4.69) is 20.2 Å². The van der Waals surface area contributed by atoms with Gasteiger partial charge in [0, 0.05) is 56.4 Å². The van der Waals surface area contributed by atoms with Gasteiger partial charge in [-0.2, -0.15) is 0 Å². The highest BCUT2D eigenvalue weighted by atomic mass is 16.6. The van der Waals surface area contributed by atoms with Crippen LogP contribution < -0.4 is 4.90 Å². The summed E-state index contributed by atoms with van der Waals surface area (Å²) >= 11 is 0. The van der Waals surface area contributed by atoms with Crippen molar-refractivity contribution in [3.8, 4) is 5.69 Å². The lowest BCUT2D eigenvalue weighted by Gasteiger charge is -2.35. The molecule has 10 nitrogen and oxygen atoms in total. The number of carbonyl (C=O) groups is 1. The van der Waals surface area contributed by atoms with E-state index in [9.17, 15) is 14.9 Å². The fraction of sp³-hybridized carbons (Fsp3) is 0.263. The molecule has 2 aromatic heterocycles. The van der Waals surface area contributed by atoms with E-state index in [0.29, 0.717) is 37.6 Å². The molecule has 1 amide bonds. The largest absolute Gasteiger partial charge is 0.368 e. The first-order valence-corrected chi connectivity index (χ1v) is 9.16. The van der Waals surface area contributed by atoms with Gasteiger partial charge in [-0.25, -0.2) is 4.68 Å². The molecule has 1 saturated heterocycles. The van der Waals surface area contributed by atoms with Crippen molar-refractivity contribution in [2.45, 2.75) is 6.92 Å². The maximum atomic E-state index is 13.0. The summed E-state index contributed by atoms with van der Waals surface area (Å²) in [6, 6.07) is 9.98. The first kappa shape index (κ1) is 18.5. The smallest absolute Gasteiger partial charge is 0.276 e. The summed E-state index contributed by atoms with van der Waals surface area (Å²) in [5.74, 6) is -0.187. The number of piperazine rings is 1. The fourth-order valence-corrected chi connectivity index (χ4v) is 3.38. The van der Waals surface area contributed by atoms with Crippen LogP contribution in [0.15, 0.2) is 48.8 Å². The molecular weight excluding hydrogens is 374 g/mol. The summed E-state index contributed by atoms with van der Waals surface area (Å²) < 4.78 is 1.45. The molecule has 4 rings (SSSR count). The SMILES string of the molecule is Cc1c(C(=O)N2CCN(c3ccncc3)CC2)nnn1-c1cccc([N+](=O)[O-])c1. The number of pyridine rings is 1. The molecule has 0 saturated carbocycles. The normalized spacial score (nSPS) is 14.1. The zero-order chi connectivity index (χ0) is 20.4. The Balaban J connectivity index is 1.49. The van der Waals surface area contributed by atoms with Crippen LogP contribution in [-0.4, -0.2) is 61.9 Å². The van der Waals surface area contributed by atoms with Crippen molar-refractivity contribution in [3.05, 3.63) is 70.3 Å². The Labute approximate surface area is 166 Å². The highest BCUT2D eigenvalue weighted by Crippen LogP contribution is 2.20. The van der Waals surface area contributed by atoms with Gasteiger partial charge in [-0.1, -0.05) is 11.3 Å². The van der Waals surface area contributed by atoms with Crippen molar-refractivity contribution in [2.75, 3.05) is 31.1 Å². The first-order valence-electron chi connectivity index (χ1n) is 9.16.